The summed E-state index contributed by atoms with van der Waals surface area (Å²) >= 11 is 0. The maximum atomic E-state index is 12.4. The molecule has 0 radical (unpaired) electrons. The molecule has 1 N–H and O–H groups in total. The number of hydrogen-bond donors (Lipinski definition) is 1. The van der Waals surface area contributed by atoms with Crippen molar-refractivity contribution in [3.8, 4) is 11.5 Å². The Hall–Kier alpha value is -2.49. The molecule has 4 heteroatoms. The van der Waals surface area contributed by atoms with Crippen LogP contribution in [0.25, 0.3) is 0 Å². The van der Waals surface area contributed by atoms with E-state index in [0.29, 0.717) is 6.61 Å². The van der Waals surface area contributed by atoms with Crippen molar-refractivity contribution in [1.82, 2.24) is 5.32 Å². The SMILES string of the molecule is Cc1ccc(OC[C@@H](C)NC(=O)[C@@H](C)Oc2cc(C)cc(C)c2C)cc1. The Bertz CT molecular complexity index is 753. The summed E-state index contributed by atoms with van der Waals surface area (Å²) in [6.07, 6.45) is -0.572. The molecule has 0 saturated heterocycles. The van der Waals surface area contributed by atoms with Crippen molar-refractivity contribution < 1.29 is 14.3 Å². The number of hydrogen-bond acceptors (Lipinski definition) is 3. The van der Waals surface area contributed by atoms with Crippen LogP contribution in [0.4, 0.5) is 0 Å². The molecule has 0 aliphatic heterocycles. The first-order valence-corrected chi connectivity index (χ1v) is 9.00. The average molecular weight is 355 g/mol. The summed E-state index contributed by atoms with van der Waals surface area (Å²) in [6.45, 7) is 12.2. The minimum Gasteiger partial charge on any atom is -0.491 e. The third kappa shape index (κ3) is 5.51. The Balaban J connectivity index is 1.87. The lowest BCUT2D eigenvalue weighted by Crippen LogP contribution is -2.43. The molecule has 0 saturated carbocycles. The second kappa shape index (κ2) is 8.75. The second-order valence-corrected chi connectivity index (χ2v) is 7.00. The largest absolute Gasteiger partial charge is 0.491 e. The van der Waals surface area contributed by atoms with Crippen LogP contribution < -0.4 is 14.8 Å². The molecule has 2 atom stereocenters. The summed E-state index contributed by atoms with van der Waals surface area (Å²) in [4.78, 5) is 12.4. The fraction of sp³-hybridized carbons (Fsp3) is 0.409. The van der Waals surface area contributed by atoms with E-state index in [4.69, 9.17) is 9.47 Å². The molecule has 0 aliphatic carbocycles. The van der Waals surface area contributed by atoms with Crippen LogP contribution in [0.1, 0.15) is 36.1 Å². The zero-order chi connectivity index (χ0) is 19.3. The highest BCUT2D eigenvalue weighted by atomic mass is 16.5. The van der Waals surface area contributed by atoms with Crippen molar-refractivity contribution in [1.29, 1.82) is 0 Å². The predicted molar refractivity (Wildman–Crippen MR) is 105 cm³/mol. The highest BCUT2D eigenvalue weighted by Crippen LogP contribution is 2.24. The van der Waals surface area contributed by atoms with Crippen LogP contribution in [-0.4, -0.2) is 24.7 Å². The van der Waals surface area contributed by atoms with E-state index >= 15 is 0 Å². The molecule has 0 heterocycles. The number of aryl methyl sites for hydroxylation is 3. The van der Waals surface area contributed by atoms with Gasteiger partial charge in [0.1, 0.15) is 18.1 Å². The van der Waals surface area contributed by atoms with Crippen LogP contribution in [0.5, 0.6) is 11.5 Å². The zero-order valence-electron chi connectivity index (χ0n) is 16.6. The van der Waals surface area contributed by atoms with Crippen molar-refractivity contribution in [3.05, 3.63) is 58.7 Å². The molecule has 2 aromatic rings. The lowest BCUT2D eigenvalue weighted by Gasteiger charge is -2.20. The molecule has 2 aromatic carbocycles. The Morgan fingerprint density at radius 1 is 1.00 bits per heavy atom. The molecule has 0 fully saturated rings. The van der Waals surface area contributed by atoms with Gasteiger partial charge in [-0.15, -0.1) is 0 Å². The molecule has 1 amide bonds. The fourth-order valence-corrected chi connectivity index (χ4v) is 2.62. The topological polar surface area (TPSA) is 47.6 Å². The first kappa shape index (κ1) is 19.8. The molecular formula is C22H29NO3. The van der Waals surface area contributed by atoms with Crippen LogP contribution in [0.3, 0.4) is 0 Å². The van der Waals surface area contributed by atoms with Gasteiger partial charge < -0.3 is 14.8 Å². The molecule has 0 bridgehead atoms. The normalized spacial score (nSPS) is 13.0. The van der Waals surface area contributed by atoms with E-state index in [2.05, 4.69) is 11.4 Å². The standard InChI is InChI=1S/C22H29NO3/c1-14-7-9-20(10-8-14)25-13-17(4)23-22(24)19(6)26-21-12-15(2)11-16(3)18(21)5/h7-12,17,19H,13H2,1-6H3,(H,23,24)/t17-,19-/m1/s1. The van der Waals surface area contributed by atoms with Gasteiger partial charge in [-0.25, -0.2) is 0 Å². The summed E-state index contributed by atoms with van der Waals surface area (Å²) in [7, 11) is 0. The lowest BCUT2D eigenvalue weighted by molar-refractivity contribution is -0.128. The van der Waals surface area contributed by atoms with Crippen molar-refractivity contribution in [2.45, 2.75) is 53.7 Å². The van der Waals surface area contributed by atoms with Gasteiger partial charge in [-0.05, 0) is 76.4 Å². The lowest BCUT2D eigenvalue weighted by atomic mass is 10.1. The first-order valence-electron chi connectivity index (χ1n) is 9.00. The highest BCUT2D eigenvalue weighted by Gasteiger charge is 2.18. The number of nitrogens with one attached hydrogen (secondary N) is 1. The molecule has 0 aliphatic rings. The summed E-state index contributed by atoms with van der Waals surface area (Å²) in [5.74, 6) is 1.41. The maximum absolute atomic E-state index is 12.4. The van der Waals surface area contributed by atoms with Crippen molar-refractivity contribution in [3.63, 3.8) is 0 Å². The van der Waals surface area contributed by atoms with Crippen LogP contribution in [0.2, 0.25) is 0 Å². The van der Waals surface area contributed by atoms with E-state index in [1.165, 1.54) is 5.56 Å². The van der Waals surface area contributed by atoms with Crippen molar-refractivity contribution >= 4 is 5.91 Å². The summed E-state index contributed by atoms with van der Waals surface area (Å²) in [6, 6.07) is 11.8. The molecule has 26 heavy (non-hydrogen) atoms. The maximum Gasteiger partial charge on any atom is 0.261 e. The second-order valence-electron chi connectivity index (χ2n) is 7.00. The average Bonchev–Trinajstić information content (AvgIpc) is 2.58. The van der Waals surface area contributed by atoms with Crippen molar-refractivity contribution in [2.75, 3.05) is 6.61 Å². The number of amides is 1. The Morgan fingerprint density at radius 2 is 1.65 bits per heavy atom. The van der Waals surface area contributed by atoms with Crippen LogP contribution in [0.15, 0.2) is 36.4 Å². The van der Waals surface area contributed by atoms with Crippen molar-refractivity contribution in [2.24, 2.45) is 0 Å². The van der Waals surface area contributed by atoms with Gasteiger partial charge in [0, 0.05) is 0 Å². The molecule has 0 unspecified atom stereocenters. The number of carbonyl (C=O) groups excluding carboxylic acids is 1. The van der Waals surface area contributed by atoms with Gasteiger partial charge in [0.2, 0.25) is 0 Å². The van der Waals surface area contributed by atoms with Gasteiger partial charge >= 0.3 is 0 Å². The van der Waals surface area contributed by atoms with Crippen LogP contribution in [0, 0.1) is 27.7 Å². The van der Waals surface area contributed by atoms with E-state index in [0.717, 1.165) is 28.2 Å². The zero-order valence-corrected chi connectivity index (χ0v) is 16.6. The third-order valence-electron chi connectivity index (χ3n) is 4.35. The Kier molecular flexibility index (Phi) is 6.67. The monoisotopic (exact) mass is 355 g/mol. The Morgan fingerprint density at radius 3 is 2.31 bits per heavy atom. The van der Waals surface area contributed by atoms with E-state index in [1.54, 1.807) is 6.92 Å². The minimum absolute atomic E-state index is 0.116. The van der Waals surface area contributed by atoms with Crippen LogP contribution in [-0.2, 0) is 4.79 Å². The third-order valence-corrected chi connectivity index (χ3v) is 4.35. The van der Waals surface area contributed by atoms with E-state index in [-0.39, 0.29) is 11.9 Å². The summed E-state index contributed by atoms with van der Waals surface area (Å²) in [5, 5.41) is 2.94. The predicted octanol–water partition coefficient (Wildman–Crippen LogP) is 4.27. The minimum atomic E-state index is -0.572. The number of ether oxygens (including phenoxy) is 2. The first-order chi connectivity index (χ1) is 12.3. The number of rotatable bonds is 7. The number of carbonyl (C=O) groups is 1. The molecular weight excluding hydrogens is 326 g/mol. The Labute approximate surface area is 156 Å². The van der Waals surface area contributed by atoms with E-state index in [9.17, 15) is 4.79 Å². The molecule has 0 aromatic heterocycles. The summed E-state index contributed by atoms with van der Waals surface area (Å²) < 4.78 is 11.6. The van der Waals surface area contributed by atoms with Gasteiger partial charge in [0.15, 0.2) is 6.10 Å². The van der Waals surface area contributed by atoms with Crippen LogP contribution >= 0.6 is 0 Å². The van der Waals surface area contributed by atoms with Gasteiger partial charge in [0.25, 0.3) is 5.91 Å². The van der Waals surface area contributed by atoms with E-state index in [1.807, 2.05) is 65.0 Å². The highest BCUT2D eigenvalue weighted by molar-refractivity contribution is 5.81. The van der Waals surface area contributed by atoms with Gasteiger partial charge in [-0.1, -0.05) is 23.8 Å². The summed E-state index contributed by atoms with van der Waals surface area (Å²) in [5.41, 5.74) is 4.53. The smallest absolute Gasteiger partial charge is 0.261 e. The van der Waals surface area contributed by atoms with Gasteiger partial charge in [0.05, 0.1) is 6.04 Å². The fourth-order valence-electron chi connectivity index (χ4n) is 2.62. The van der Waals surface area contributed by atoms with Gasteiger partial charge in [-0.2, -0.15) is 0 Å². The number of benzene rings is 2. The van der Waals surface area contributed by atoms with Gasteiger partial charge in [-0.3, -0.25) is 4.79 Å². The molecule has 2 rings (SSSR count). The molecule has 4 nitrogen and oxygen atoms in total. The quantitative estimate of drug-likeness (QED) is 0.807. The van der Waals surface area contributed by atoms with E-state index < -0.39 is 6.10 Å². The molecule has 0 spiro atoms. The molecule has 140 valence electrons.